The lowest BCUT2D eigenvalue weighted by atomic mass is 10.1. The molecule has 0 spiro atoms. The third-order valence-electron chi connectivity index (χ3n) is 5.46. The van der Waals surface area contributed by atoms with Crippen molar-refractivity contribution in [3.05, 3.63) is 52.3 Å². The Balaban J connectivity index is 1.84. The van der Waals surface area contributed by atoms with Gasteiger partial charge < -0.3 is 14.8 Å². The van der Waals surface area contributed by atoms with E-state index >= 15 is 0 Å². The molecule has 33 heavy (non-hydrogen) atoms. The van der Waals surface area contributed by atoms with Crippen LogP contribution < -0.4 is 20.3 Å². The number of hydrogen-bond donors (Lipinski definition) is 1. The number of nitrogens with one attached hydrogen (secondary N) is 1. The number of benzene rings is 2. The zero-order valence-electron chi connectivity index (χ0n) is 18.7. The van der Waals surface area contributed by atoms with Gasteiger partial charge in [0, 0.05) is 12.2 Å². The van der Waals surface area contributed by atoms with Crippen LogP contribution in [0.2, 0.25) is 0 Å². The Morgan fingerprint density at radius 1 is 1.24 bits per heavy atom. The molecule has 1 fully saturated rings. The number of amides is 1. The predicted octanol–water partition coefficient (Wildman–Crippen LogP) is 3.45. The molecule has 10 heteroatoms. The summed E-state index contributed by atoms with van der Waals surface area (Å²) in [7, 11) is -1.91. The molecule has 1 aliphatic carbocycles. The van der Waals surface area contributed by atoms with Crippen LogP contribution in [0.25, 0.3) is 10.1 Å². The highest BCUT2D eigenvalue weighted by Gasteiger charge is 2.31. The summed E-state index contributed by atoms with van der Waals surface area (Å²) < 4.78 is 37.8. The van der Waals surface area contributed by atoms with Crippen LogP contribution in [0.1, 0.15) is 31.4 Å². The maximum absolute atomic E-state index is 13.5. The van der Waals surface area contributed by atoms with Gasteiger partial charge in [-0.1, -0.05) is 23.7 Å². The number of carbonyl (C=O) groups is 1. The molecule has 0 saturated heterocycles. The smallest absolute Gasteiger partial charge is 0.271 e. The van der Waals surface area contributed by atoms with Crippen molar-refractivity contribution >= 4 is 43.1 Å². The molecule has 3 aromatic rings. The van der Waals surface area contributed by atoms with Crippen molar-refractivity contribution in [2.45, 2.75) is 25.8 Å². The van der Waals surface area contributed by atoms with Crippen LogP contribution in [0.3, 0.4) is 0 Å². The Kier molecular flexibility index (Phi) is 6.49. The lowest BCUT2D eigenvalue weighted by molar-refractivity contribution is -0.117. The molecule has 1 aliphatic rings. The standard InChI is InChI=1S/C23H26N2O6S2/c1-4-31-19-12-15(10-11-18(19)30-2)17(13-33(3,28)29)25-23(27)21-16(6-5-7-20(21)32-25)24-22(26)14-8-9-14/h5-7,10-12,14,17H,4,8-9,13H2,1-3H3,(H,24,26)/t17-/m1/s1. The number of sulfone groups is 1. The van der Waals surface area contributed by atoms with Crippen molar-refractivity contribution in [2.24, 2.45) is 5.92 Å². The number of methoxy groups -OCH3 is 1. The molecule has 0 unspecified atom stereocenters. The van der Waals surface area contributed by atoms with Crippen LogP contribution in [0, 0.1) is 5.92 Å². The summed E-state index contributed by atoms with van der Waals surface area (Å²) in [4.78, 5) is 25.8. The van der Waals surface area contributed by atoms with E-state index in [0.29, 0.717) is 39.4 Å². The predicted molar refractivity (Wildman–Crippen MR) is 129 cm³/mol. The molecule has 1 N–H and O–H groups in total. The lowest BCUT2D eigenvalue weighted by Crippen LogP contribution is -2.26. The van der Waals surface area contributed by atoms with Gasteiger partial charge in [-0.15, -0.1) is 0 Å². The second kappa shape index (κ2) is 9.18. The average Bonchev–Trinajstić information content (AvgIpc) is 3.56. The Morgan fingerprint density at radius 2 is 2.00 bits per heavy atom. The minimum atomic E-state index is -3.44. The molecular weight excluding hydrogens is 464 g/mol. The second-order valence-corrected chi connectivity index (χ2v) is 11.3. The van der Waals surface area contributed by atoms with E-state index in [1.165, 1.54) is 22.6 Å². The normalized spacial score (nSPS) is 14.8. The number of fused-ring (bicyclic) bond motifs is 1. The van der Waals surface area contributed by atoms with Crippen LogP contribution in [0.15, 0.2) is 41.2 Å². The van der Waals surface area contributed by atoms with Crippen LogP contribution >= 0.6 is 11.5 Å². The molecule has 1 atom stereocenters. The fraction of sp³-hybridized carbons (Fsp3) is 0.391. The molecule has 2 aromatic carbocycles. The zero-order valence-corrected chi connectivity index (χ0v) is 20.3. The number of anilines is 1. The molecule has 1 amide bonds. The van der Waals surface area contributed by atoms with E-state index in [1.807, 2.05) is 6.92 Å². The third-order valence-corrected chi connectivity index (χ3v) is 7.53. The fourth-order valence-electron chi connectivity index (χ4n) is 3.73. The first kappa shape index (κ1) is 23.3. The van der Waals surface area contributed by atoms with Crippen molar-refractivity contribution in [3.63, 3.8) is 0 Å². The molecule has 1 aromatic heterocycles. The maximum Gasteiger partial charge on any atom is 0.271 e. The first-order valence-corrected chi connectivity index (χ1v) is 13.5. The van der Waals surface area contributed by atoms with E-state index in [2.05, 4.69) is 5.32 Å². The fourth-order valence-corrected chi connectivity index (χ4v) is 5.88. The van der Waals surface area contributed by atoms with Gasteiger partial charge in [-0.2, -0.15) is 0 Å². The Hall–Kier alpha value is -2.85. The molecular formula is C23H26N2O6S2. The lowest BCUT2D eigenvalue weighted by Gasteiger charge is -2.19. The van der Waals surface area contributed by atoms with Crippen molar-refractivity contribution < 1.29 is 22.7 Å². The highest BCUT2D eigenvalue weighted by atomic mass is 32.2. The van der Waals surface area contributed by atoms with E-state index in [1.54, 1.807) is 36.4 Å². The number of carbonyl (C=O) groups excluding carboxylic acids is 1. The van der Waals surface area contributed by atoms with Crippen LogP contribution in [-0.2, 0) is 14.6 Å². The van der Waals surface area contributed by atoms with Gasteiger partial charge in [0.2, 0.25) is 5.91 Å². The second-order valence-electron chi connectivity index (χ2n) is 8.12. The molecule has 0 aliphatic heterocycles. The van der Waals surface area contributed by atoms with Crippen molar-refractivity contribution in [3.8, 4) is 11.5 Å². The van der Waals surface area contributed by atoms with Gasteiger partial charge in [-0.05, 0) is 49.6 Å². The SMILES string of the molecule is CCOc1cc([C@@H](CS(C)(=O)=O)n2sc3cccc(NC(=O)C4CC4)c3c2=O)ccc1OC. The van der Waals surface area contributed by atoms with Crippen molar-refractivity contribution in [1.82, 2.24) is 3.96 Å². The summed E-state index contributed by atoms with van der Waals surface area (Å²) in [5, 5.41) is 3.25. The highest BCUT2D eigenvalue weighted by Crippen LogP contribution is 2.35. The number of nitrogens with zero attached hydrogens (tertiary/aromatic N) is 1. The number of rotatable bonds is 9. The molecule has 1 saturated carbocycles. The van der Waals surface area contributed by atoms with Gasteiger partial charge in [-0.25, -0.2) is 8.42 Å². The summed E-state index contributed by atoms with van der Waals surface area (Å²) in [6.45, 7) is 2.25. The van der Waals surface area contributed by atoms with Crippen molar-refractivity contribution in [1.29, 1.82) is 0 Å². The topological polar surface area (TPSA) is 104 Å². The largest absolute Gasteiger partial charge is 0.493 e. The Morgan fingerprint density at radius 3 is 2.64 bits per heavy atom. The van der Waals surface area contributed by atoms with Gasteiger partial charge in [0.15, 0.2) is 11.5 Å². The highest BCUT2D eigenvalue weighted by molar-refractivity contribution is 7.90. The van der Waals surface area contributed by atoms with Crippen molar-refractivity contribution in [2.75, 3.05) is 31.0 Å². The summed E-state index contributed by atoms with van der Waals surface area (Å²) in [6, 6.07) is 9.66. The first-order valence-electron chi connectivity index (χ1n) is 10.7. The summed E-state index contributed by atoms with van der Waals surface area (Å²) in [5.41, 5.74) is 0.721. The summed E-state index contributed by atoms with van der Waals surface area (Å²) in [6.07, 6.45) is 2.85. The zero-order chi connectivity index (χ0) is 23.8. The molecule has 0 bridgehead atoms. The molecule has 1 heterocycles. The Labute approximate surface area is 196 Å². The summed E-state index contributed by atoms with van der Waals surface area (Å²) >= 11 is 1.18. The van der Waals surface area contributed by atoms with Gasteiger partial charge in [0.1, 0.15) is 9.84 Å². The van der Waals surface area contributed by atoms with Gasteiger partial charge in [-0.3, -0.25) is 13.5 Å². The van der Waals surface area contributed by atoms with E-state index in [9.17, 15) is 18.0 Å². The van der Waals surface area contributed by atoms with E-state index in [4.69, 9.17) is 9.47 Å². The molecule has 0 radical (unpaired) electrons. The minimum Gasteiger partial charge on any atom is -0.493 e. The minimum absolute atomic E-state index is 0.00427. The van der Waals surface area contributed by atoms with Crippen LogP contribution in [0.5, 0.6) is 11.5 Å². The van der Waals surface area contributed by atoms with Gasteiger partial charge in [0.05, 0.1) is 41.3 Å². The first-order chi connectivity index (χ1) is 15.7. The number of hydrogen-bond acceptors (Lipinski definition) is 7. The molecule has 176 valence electrons. The number of ether oxygens (including phenoxy) is 2. The average molecular weight is 491 g/mol. The quantitative estimate of drug-likeness (QED) is 0.493. The van der Waals surface area contributed by atoms with Crippen LogP contribution in [0.4, 0.5) is 5.69 Å². The summed E-state index contributed by atoms with van der Waals surface area (Å²) in [5.74, 6) is 0.635. The van der Waals surface area contributed by atoms with E-state index in [0.717, 1.165) is 19.1 Å². The molecule has 8 nitrogen and oxygen atoms in total. The van der Waals surface area contributed by atoms with Crippen LogP contribution in [-0.4, -0.2) is 44.0 Å². The number of aromatic nitrogens is 1. The monoisotopic (exact) mass is 490 g/mol. The Bertz CT molecular complexity index is 1360. The van der Waals surface area contributed by atoms with E-state index < -0.39 is 15.9 Å². The maximum atomic E-state index is 13.5. The third kappa shape index (κ3) is 5.06. The molecule has 4 rings (SSSR count). The van der Waals surface area contributed by atoms with Gasteiger partial charge in [0.25, 0.3) is 5.56 Å². The van der Waals surface area contributed by atoms with Gasteiger partial charge >= 0.3 is 0 Å². The van der Waals surface area contributed by atoms with E-state index in [-0.39, 0.29) is 23.1 Å².